The Morgan fingerprint density at radius 1 is 1.04 bits per heavy atom. The Balaban J connectivity index is 2.06. The van der Waals surface area contributed by atoms with Gasteiger partial charge in [-0.3, -0.25) is 0 Å². The van der Waals surface area contributed by atoms with Crippen molar-refractivity contribution >= 4 is 23.3 Å². The van der Waals surface area contributed by atoms with E-state index in [1.165, 1.54) is 0 Å². The van der Waals surface area contributed by atoms with Gasteiger partial charge in [-0.25, -0.2) is 0 Å². The number of nitrogens with zero attached hydrogens (tertiary/aromatic N) is 1. The maximum atomic E-state index is 5.88. The van der Waals surface area contributed by atoms with Crippen LogP contribution in [0.2, 0.25) is 0 Å². The van der Waals surface area contributed by atoms with Gasteiger partial charge in [-0.05, 0) is 43.2 Å². The molecule has 3 nitrogen and oxygen atoms in total. The number of rotatable bonds is 8. The van der Waals surface area contributed by atoms with Gasteiger partial charge in [-0.2, -0.15) is 0 Å². The summed E-state index contributed by atoms with van der Waals surface area (Å²) in [6.07, 6.45) is 3.96. The Morgan fingerprint density at radius 3 is 2.40 bits per heavy atom. The molecule has 2 rings (SSSR count). The lowest BCUT2D eigenvalue weighted by molar-refractivity contribution is 0.284. The molecule has 25 heavy (non-hydrogen) atoms. The van der Waals surface area contributed by atoms with Gasteiger partial charge in [0.05, 0.1) is 7.11 Å². The van der Waals surface area contributed by atoms with Crippen LogP contribution in [0, 0.1) is 0 Å². The summed E-state index contributed by atoms with van der Waals surface area (Å²) in [5, 5.41) is 0. The fraction of sp³-hybridized carbons (Fsp3) is 0.286. The molecule has 0 N–H and O–H groups in total. The van der Waals surface area contributed by atoms with E-state index in [1.54, 1.807) is 7.11 Å². The van der Waals surface area contributed by atoms with Gasteiger partial charge >= 0.3 is 0 Å². The molecule has 2 aromatic carbocycles. The van der Waals surface area contributed by atoms with Gasteiger partial charge in [-0.15, -0.1) is 0 Å². The topological polar surface area (TPSA) is 21.7 Å². The van der Waals surface area contributed by atoms with Crippen LogP contribution in [0.1, 0.15) is 25.0 Å². The minimum absolute atomic E-state index is 0.512. The number of thiocarbonyl (C=S) groups is 1. The smallest absolute Gasteiger partial charge is 0.161 e. The monoisotopic (exact) mass is 355 g/mol. The van der Waals surface area contributed by atoms with Crippen LogP contribution in [0.4, 0.5) is 0 Å². The van der Waals surface area contributed by atoms with Crippen LogP contribution in [0.3, 0.4) is 0 Å². The number of hydrogen-bond donors (Lipinski definition) is 0. The molecule has 0 aliphatic carbocycles. The van der Waals surface area contributed by atoms with Crippen molar-refractivity contribution in [2.75, 3.05) is 20.2 Å². The number of hydrogen-bond acceptors (Lipinski definition) is 3. The van der Waals surface area contributed by atoms with Gasteiger partial charge in [-0.1, -0.05) is 54.7 Å². The van der Waals surface area contributed by atoms with Crippen molar-refractivity contribution in [1.82, 2.24) is 4.90 Å². The van der Waals surface area contributed by atoms with Crippen LogP contribution < -0.4 is 9.47 Å². The van der Waals surface area contributed by atoms with Crippen molar-refractivity contribution in [3.8, 4) is 11.5 Å². The molecule has 0 aliphatic heterocycles. The molecule has 0 bridgehead atoms. The summed E-state index contributed by atoms with van der Waals surface area (Å²) >= 11 is 5.44. The maximum absolute atomic E-state index is 5.88. The van der Waals surface area contributed by atoms with E-state index in [1.807, 2.05) is 60.7 Å². The van der Waals surface area contributed by atoms with E-state index in [0.717, 1.165) is 35.0 Å². The minimum atomic E-state index is 0.512. The van der Waals surface area contributed by atoms with Crippen LogP contribution in [0.25, 0.3) is 6.08 Å². The molecule has 0 heterocycles. The third-order valence-corrected chi connectivity index (χ3v) is 4.31. The van der Waals surface area contributed by atoms with Crippen molar-refractivity contribution < 1.29 is 9.47 Å². The predicted molar refractivity (Wildman–Crippen MR) is 108 cm³/mol. The Labute approximate surface area is 155 Å². The van der Waals surface area contributed by atoms with E-state index >= 15 is 0 Å². The Bertz CT molecular complexity index is 709. The van der Waals surface area contributed by atoms with E-state index in [2.05, 4.69) is 18.7 Å². The largest absolute Gasteiger partial charge is 0.493 e. The summed E-state index contributed by atoms with van der Waals surface area (Å²) in [4.78, 5) is 2.98. The second-order valence-electron chi connectivity index (χ2n) is 5.53. The van der Waals surface area contributed by atoms with E-state index in [4.69, 9.17) is 21.7 Å². The van der Waals surface area contributed by atoms with Crippen molar-refractivity contribution in [1.29, 1.82) is 0 Å². The first kappa shape index (κ1) is 19.0. The Kier molecular flexibility index (Phi) is 7.48. The van der Waals surface area contributed by atoms with Crippen molar-refractivity contribution in [2.45, 2.75) is 20.5 Å². The lowest BCUT2D eigenvalue weighted by Gasteiger charge is -2.19. The van der Waals surface area contributed by atoms with Gasteiger partial charge in [0.15, 0.2) is 11.5 Å². The van der Waals surface area contributed by atoms with Crippen molar-refractivity contribution in [3.05, 3.63) is 65.7 Å². The van der Waals surface area contributed by atoms with Crippen LogP contribution in [-0.4, -0.2) is 30.1 Å². The summed E-state index contributed by atoms with van der Waals surface area (Å²) in [7, 11) is 1.65. The summed E-state index contributed by atoms with van der Waals surface area (Å²) in [6.45, 7) is 6.54. The zero-order valence-electron chi connectivity index (χ0n) is 15.1. The Hall–Kier alpha value is -2.33. The Morgan fingerprint density at radius 2 is 1.76 bits per heavy atom. The summed E-state index contributed by atoms with van der Waals surface area (Å²) < 4.78 is 11.4. The van der Waals surface area contributed by atoms with Crippen LogP contribution in [0.5, 0.6) is 11.5 Å². The number of likely N-dealkylation sites (N-methyl/N-ethyl adjacent to an activating group) is 1. The molecule has 0 unspecified atom stereocenters. The van der Waals surface area contributed by atoms with E-state index in [9.17, 15) is 0 Å². The molecule has 0 fully saturated rings. The highest BCUT2D eigenvalue weighted by atomic mass is 32.1. The predicted octanol–water partition coefficient (Wildman–Crippen LogP) is 4.96. The molecule has 0 saturated carbocycles. The van der Waals surface area contributed by atoms with Crippen LogP contribution >= 0.6 is 12.2 Å². The first-order chi connectivity index (χ1) is 12.2. The quantitative estimate of drug-likeness (QED) is 0.493. The number of methoxy groups -OCH3 is 1. The first-order valence-electron chi connectivity index (χ1n) is 8.49. The molecule has 2 aromatic rings. The van der Waals surface area contributed by atoms with E-state index in [0.29, 0.717) is 12.4 Å². The highest BCUT2D eigenvalue weighted by molar-refractivity contribution is 7.80. The van der Waals surface area contributed by atoms with E-state index < -0.39 is 0 Å². The molecule has 0 atom stereocenters. The minimum Gasteiger partial charge on any atom is -0.493 e. The summed E-state index contributed by atoms with van der Waals surface area (Å²) in [6, 6.07) is 16.0. The number of benzene rings is 2. The fourth-order valence-corrected chi connectivity index (χ4v) is 2.78. The SMILES string of the molecule is CCN(CC)C(=S)/C=C/c1ccc(OCc2ccccc2)c(OC)c1. The molecule has 132 valence electrons. The fourth-order valence-electron chi connectivity index (χ4n) is 2.45. The second kappa shape index (κ2) is 9.84. The highest BCUT2D eigenvalue weighted by Crippen LogP contribution is 2.29. The lowest BCUT2D eigenvalue weighted by Crippen LogP contribution is -2.27. The van der Waals surface area contributed by atoms with Crippen LogP contribution in [0.15, 0.2) is 54.6 Å². The van der Waals surface area contributed by atoms with Crippen LogP contribution in [-0.2, 0) is 6.61 Å². The average Bonchev–Trinajstić information content (AvgIpc) is 2.66. The normalized spacial score (nSPS) is 10.7. The van der Waals surface area contributed by atoms with Gasteiger partial charge in [0.2, 0.25) is 0 Å². The molecule has 0 aliphatic rings. The van der Waals surface area contributed by atoms with Crippen molar-refractivity contribution in [3.63, 3.8) is 0 Å². The third-order valence-electron chi connectivity index (χ3n) is 3.92. The molecular weight excluding hydrogens is 330 g/mol. The van der Waals surface area contributed by atoms with Gasteiger partial charge < -0.3 is 14.4 Å². The molecule has 0 saturated heterocycles. The van der Waals surface area contributed by atoms with Gasteiger partial charge in [0.25, 0.3) is 0 Å². The lowest BCUT2D eigenvalue weighted by atomic mass is 10.2. The molecule has 0 spiro atoms. The maximum Gasteiger partial charge on any atom is 0.161 e. The summed E-state index contributed by atoms with van der Waals surface area (Å²) in [5.74, 6) is 1.45. The molecule has 0 radical (unpaired) electrons. The number of ether oxygens (including phenoxy) is 2. The van der Waals surface area contributed by atoms with Gasteiger partial charge in [0, 0.05) is 13.1 Å². The zero-order valence-corrected chi connectivity index (χ0v) is 15.9. The molecule has 0 amide bonds. The third kappa shape index (κ3) is 5.61. The zero-order chi connectivity index (χ0) is 18.1. The average molecular weight is 356 g/mol. The highest BCUT2D eigenvalue weighted by Gasteiger charge is 2.06. The second-order valence-corrected chi connectivity index (χ2v) is 5.95. The van der Waals surface area contributed by atoms with Crippen molar-refractivity contribution in [2.24, 2.45) is 0 Å². The van der Waals surface area contributed by atoms with E-state index in [-0.39, 0.29) is 0 Å². The molecular formula is C21H25NO2S. The standard InChI is InChI=1S/C21H25NO2S/c1-4-22(5-2)21(25)14-12-17-11-13-19(20(15-17)23-3)24-16-18-9-7-6-8-10-18/h6-15H,4-5,16H2,1-3H3/b14-12+. The molecule has 0 aromatic heterocycles. The first-order valence-corrected chi connectivity index (χ1v) is 8.90. The van der Waals surface area contributed by atoms with Gasteiger partial charge in [0.1, 0.15) is 11.6 Å². The molecule has 4 heteroatoms. The summed E-state index contributed by atoms with van der Waals surface area (Å²) in [5.41, 5.74) is 2.15.